The summed E-state index contributed by atoms with van der Waals surface area (Å²) in [4.78, 5) is 16.5. The largest absolute Gasteiger partial charge is 0.481 e. The summed E-state index contributed by atoms with van der Waals surface area (Å²) >= 11 is 5.88. The number of nitrogens with one attached hydrogen (secondary N) is 1. The molecule has 1 atom stereocenters. The Morgan fingerprint density at radius 2 is 1.63 bits per heavy atom. The minimum Gasteiger partial charge on any atom is -0.481 e. The molecule has 2 aromatic carbocycles. The SMILES string of the molecule is CC[C@H](Oc1ccc(Cl)cc1)C(=O)Nc1ccc(Cc2ccncc2)cc1. The van der Waals surface area contributed by atoms with Crippen LogP contribution in [-0.4, -0.2) is 17.0 Å². The summed E-state index contributed by atoms with van der Waals surface area (Å²) in [6, 6.07) is 18.8. The van der Waals surface area contributed by atoms with Crippen molar-refractivity contribution >= 4 is 23.2 Å². The standard InChI is InChI=1S/C22H21ClN2O2/c1-2-21(27-20-9-5-18(23)6-10-20)22(26)25-19-7-3-16(4-8-19)15-17-11-13-24-14-12-17/h3-14,21H,2,15H2,1H3,(H,25,26)/t21-/m0/s1. The lowest BCUT2D eigenvalue weighted by Crippen LogP contribution is -2.32. The molecule has 0 aliphatic carbocycles. The van der Waals surface area contributed by atoms with E-state index < -0.39 is 6.10 Å². The minimum atomic E-state index is -0.567. The lowest BCUT2D eigenvalue weighted by atomic mass is 10.1. The van der Waals surface area contributed by atoms with Gasteiger partial charge in [0.25, 0.3) is 5.91 Å². The van der Waals surface area contributed by atoms with Gasteiger partial charge in [0.15, 0.2) is 6.10 Å². The maximum absolute atomic E-state index is 12.5. The van der Waals surface area contributed by atoms with Crippen LogP contribution in [-0.2, 0) is 11.2 Å². The van der Waals surface area contributed by atoms with E-state index in [4.69, 9.17) is 16.3 Å². The second-order valence-electron chi connectivity index (χ2n) is 6.19. The van der Waals surface area contributed by atoms with Gasteiger partial charge in [-0.25, -0.2) is 0 Å². The lowest BCUT2D eigenvalue weighted by molar-refractivity contribution is -0.122. The maximum Gasteiger partial charge on any atom is 0.265 e. The van der Waals surface area contributed by atoms with Crippen LogP contribution in [0.4, 0.5) is 5.69 Å². The van der Waals surface area contributed by atoms with E-state index in [2.05, 4.69) is 10.3 Å². The van der Waals surface area contributed by atoms with E-state index in [1.807, 2.05) is 43.3 Å². The highest BCUT2D eigenvalue weighted by molar-refractivity contribution is 6.30. The molecule has 0 radical (unpaired) electrons. The van der Waals surface area contributed by atoms with Gasteiger partial charge in [0.1, 0.15) is 5.75 Å². The van der Waals surface area contributed by atoms with Gasteiger partial charge < -0.3 is 10.1 Å². The highest BCUT2D eigenvalue weighted by Gasteiger charge is 2.18. The van der Waals surface area contributed by atoms with Crippen LogP contribution in [0, 0.1) is 0 Å². The number of nitrogens with zero attached hydrogens (tertiary/aromatic N) is 1. The molecule has 3 aromatic rings. The molecule has 0 aliphatic rings. The maximum atomic E-state index is 12.5. The molecule has 0 unspecified atom stereocenters. The highest BCUT2D eigenvalue weighted by atomic mass is 35.5. The molecule has 0 saturated carbocycles. The average Bonchev–Trinajstić information content (AvgIpc) is 2.70. The fraction of sp³-hybridized carbons (Fsp3) is 0.182. The van der Waals surface area contributed by atoms with Crippen LogP contribution >= 0.6 is 11.6 Å². The molecule has 138 valence electrons. The highest BCUT2D eigenvalue weighted by Crippen LogP contribution is 2.19. The molecule has 0 spiro atoms. The Morgan fingerprint density at radius 1 is 1.00 bits per heavy atom. The van der Waals surface area contributed by atoms with Crippen molar-refractivity contribution in [2.75, 3.05) is 5.32 Å². The predicted octanol–water partition coefficient (Wildman–Crippen LogP) is 5.12. The van der Waals surface area contributed by atoms with Crippen LogP contribution in [0.2, 0.25) is 5.02 Å². The molecule has 4 nitrogen and oxygen atoms in total. The van der Waals surface area contributed by atoms with E-state index in [-0.39, 0.29) is 5.91 Å². The molecule has 1 N–H and O–H groups in total. The van der Waals surface area contributed by atoms with E-state index in [1.54, 1.807) is 36.7 Å². The number of anilines is 1. The fourth-order valence-electron chi connectivity index (χ4n) is 2.66. The smallest absolute Gasteiger partial charge is 0.265 e. The first kappa shape index (κ1) is 18.9. The molecule has 0 saturated heterocycles. The molecular weight excluding hydrogens is 360 g/mol. The van der Waals surface area contributed by atoms with Gasteiger partial charge >= 0.3 is 0 Å². The van der Waals surface area contributed by atoms with Crippen LogP contribution in [0.25, 0.3) is 0 Å². The summed E-state index contributed by atoms with van der Waals surface area (Å²) < 4.78 is 5.78. The van der Waals surface area contributed by atoms with Gasteiger partial charge in [-0.1, -0.05) is 30.7 Å². The average molecular weight is 381 g/mol. The molecule has 0 aliphatic heterocycles. The van der Waals surface area contributed by atoms with Crippen molar-refractivity contribution in [3.63, 3.8) is 0 Å². The summed E-state index contributed by atoms with van der Waals surface area (Å²) in [7, 11) is 0. The number of ether oxygens (including phenoxy) is 1. The van der Waals surface area contributed by atoms with Crippen molar-refractivity contribution in [3.05, 3.63) is 89.2 Å². The van der Waals surface area contributed by atoms with Gasteiger partial charge in [-0.05, 0) is 72.5 Å². The van der Waals surface area contributed by atoms with Gasteiger partial charge in [-0.3, -0.25) is 9.78 Å². The quantitative estimate of drug-likeness (QED) is 0.618. The number of carbonyl (C=O) groups excluding carboxylic acids is 1. The van der Waals surface area contributed by atoms with Crippen molar-refractivity contribution in [1.29, 1.82) is 0 Å². The number of hydrogen-bond acceptors (Lipinski definition) is 3. The number of halogens is 1. The number of benzene rings is 2. The molecular formula is C22H21ClN2O2. The number of carbonyl (C=O) groups is 1. The van der Waals surface area contributed by atoms with E-state index >= 15 is 0 Å². The summed E-state index contributed by atoms with van der Waals surface area (Å²) in [5, 5.41) is 3.55. The monoisotopic (exact) mass is 380 g/mol. The van der Waals surface area contributed by atoms with E-state index in [9.17, 15) is 4.79 Å². The molecule has 0 bridgehead atoms. The Bertz CT molecular complexity index is 865. The zero-order valence-electron chi connectivity index (χ0n) is 15.1. The van der Waals surface area contributed by atoms with Crippen molar-refractivity contribution < 1.29 is 9.53 Å². The molecule has 1 aromatic heterocycles. The third kappa shape index (κ3) is 5.56. The number of hydrogen-bond donors (Lipinski definition) is 1. The Labute approximate surface area is 164 Å². The van der Waals surface area contributed by atoms with Crippen molar-refractivity contribution in [1.82, 2.24) is 4.98 Å². The summed E-state index contributed by atoms with van der Waals surface area (Å²) in [6.07, 6.45) is 4.40. The Morgan fingerprint density at radius 3 is 2.26 bits per heavy atom. The van der Waals surface area contributed by atoms with E-state index in [0.717, 1.165) is 12.1 Å². The molecule has 0 fully saturated rings. The van der Waals surface area contributed by atoms with Crippen LogP contribution < -0.4 is 10.1 Å². The van der Waals surface area contributed by atoms with E-state index in [1.165, 1.54) is 11.1 Å². The van der Waals surface area contributed by atoms with Crippen molar-refractivity contribution in [2.24, 2.45) is 0 Å². The molecule has 1 heterocycles. The van der Waals surface area contributed by atoms with Crippen LogP contribution in [0.15, 0.2) is 73.1 Å². The number of aromatic nitrogens is 1. The summed E-state index contributed by atoms with van der Waals surface area (Å²) in [5.41, 5.74) is 3.12. The fourth-order valence-corrected chi connectivity index (χ4v) is 2.79. The van der Waals surface area contributed by atoms with Crippen molar-refractivity contribution in [3.8, 4) is 5.75 Å². The zero-order chi connectivity index (χ0) is 19.1. The third-order valence-electron chi connectivity index (χ3n) is 4.13. The van der Waals surface area contributed by atoms with Crippen molar-refractivity contribution in [2.45, 2.75) is 25.9 Å². The van der Waals surface area contributed by atoms with Crippen LogP contribution in [0.3, 0.4) is 0 Å². The van der Waals surface area contributed by atoms with Gasteiger partial charge in [0.2, 0.25) is 0 Å². The van der Waals surface area contributed by atoms with Crippen LogP contribution in [0.1, 0.15) is 24.5 Å². The first-order valence-corrected chi connectivity index (χ1v) is 9.23. The Hall–Kier alpha value is -2.85. The molecule has 5 heteroatoms. The lowest BCUT2D eigenvalue weighted by Gasteiger charge is -2.17. The van der Waals surface area contributed by atoms with E-state index in [0.29, 0.717) is 17.2 Å². The topological polar surface area (TPSA) is 51.2 Å². The summed E-state index contributed by atoms with van der Waals surface area (Å²) in [5.74, 6) is 0.448. The second-order valence-corrected chi connectivity index (χ2v) is 6.62. The predicted molar refractivity (Wildman–Crippen MR) is 108 cm³/mol. The number of pyridine rings is 1. The van der Waals surface area contributed by atoms with Gasteiger partial charge in [-0.15, -0.1) is 0 Å². The number of amides is 1. The first-order chi connectivity index (χ1) is 13.1. The number of rotatable bonds is 7. The second kappa shape index (κ2) is 9.19. The minimum absolute atomic E-state index is 0.172. The molecule has 1 amide bonds. The Balaban J connectivity index is 1.59. The van der Waals surface area contributed by atoms with Gasteiger partial charge in [0.05, 0.1) is 0 Å². The van der Waals surface area contributed by atoms with Gasteiger partial charge in [0, 0.05) is 23.1 Å². The summed E-state index contributed by atoms with van der Waals surface area (Å²) in [6.45, 7) is 1.91. The first-order valence-electron chi connectivity index (χ1n) is 8.85. The molecule has 3 rings (SSSR count). The normalized spacial score (nSPS) is 11.6. The van der Waals surface area contributed by atoms with Crippen LogP contribution in [0.5, 0.6) is 5.75 Å². The molecule has 27 heavy (non-hydrogen) atoms. The zero-order valence-corrected chi connectivity index (χ0v) is 15.8. The Kier molecular flexibility index (Phi) is 6.44. The third-order valence-corrected chi connectivity index (χ3v) is 4.39. The van der Waals surface area contributed by atoms with Gasteiger partial charge in [-0.2, -0.15) is 0 Å².